The molecule has 7 nitrogen and oxygen atoms in total. The van der Waals surface area contributed by atoms with Crippen LogP contribution in [0, 0.1) is 0 Å². The van der Waals surface area contributed by atoms with E-state index in [2.05, 4.69) is 36.4 Å². The summed E-state index contributed by atoms with van der Waals surface area (Å²) in [6, 6.07) is 30.4. The number of benzene rings is 3. The predicted molar refractivity (Wildman–Crippen MR) is 169 cm³/mol. The highest BCUT2D eigenvalue weighted by atomic mass is 16.5. The molecule has 2 heterocycles. The van der Waals surface area contributed by atoms with Crippen LogP contribution in [0.2, 0.25) is 0 Å². The standard InChI is InChI=1S/C36H40N2O5/c1-35(2,3)43-34(37-38-30(24-42-36(38,4)5)20-25-12-8-6-9-13-25)31(22-33(39)40)29-21-32(41-23-29)28-18-16-27(17-19-28)26-14-10-7-11-15-26/h6-19,21,23,30-31H,20,22,24H2,1-5H3,(H,39,40)/t30-,31+/m0/s1. The Morgan fingerprint density at radius 1 is 0.977 bits per heavy atom. The number of carboxylic acid groups (broad SMARTS) is 1. The Bertz CT molecular complexity index is 1540. The third kappa shape index (κ3) is 7.54. The molecule has 43 heavy (non-hydrogen) atoms. The summed E-state index contributed by atoms with van der Waals surface area (Å²) < 4.78 is 18.6. The van der Waals surface area contributed by atoms with E-state index >= 15 is 0 Å². The molecule has 0 unspecified atom stereocenters. The first-order valence-electron chi connectivity index (χ1n) is 14.7. The maximum atomic E-state index is 12.2. The maximum absolute atomic E-state index is 12.2. The molecule has 224 valence electrons. The number of ether oxygens (including phenoxy) is 2. The normalized spacial score (nSPS) is 17.6. The van der Waals surface area contributed by atoms with E-state index in [0.29, 0.717) is 23.8 Å². The molecule has 1 aromatic heterocycles. The molecule has 0 radical (unpaired) electrons. The molecule has 1 aliphatic heterocycles. The van der Waals surface area contributed by atoms with E-state index < -0.39 is 23.2 Å². The molecule has 2 atom stereocenters. The van der Waals surface area contributed by atoms with Crippen molar-refractivity contribution in [2.24, 2.45) is 5.10 Å². The molecule has 5 rings (SSSR count). The Balaban J connectivity index is 1.49. The van der Waals surface area contributed by atoms with Crippen LogP contribution >= 0.6 is 0 Å². The van der Waals surface area contributed by atoms with E-state index in [1.807, 2.05) is 94.2 Å². The van der Waals surface area contributed by atoms with Crippen molar-refractivity contribution >= 4 is 11.9 Å². The average molecular weight is 581 g/mol. The van der Waals surface area contributed by atoms with Gasteiger partial charge in [0.1, 0.15) is 11.4 Å². The summed E-state index contributed by atoms with van der Waals surface area (Å²) in [6.45, 7) is 10.2. The van der Waals surface area contributed by atoms with Gasteiger partial charge in [-0.2, -0.15) is 0 Å². The molecule has 4 aromatic rings. The van der Waals surface area contributed by atoms with Crippen molar-refractivity contribution in [3.63, 3.8) is 0 Å². The van der Waals surface area contributed by atoms with Crippen molar-refractivity contribution in [1.29, 1.82) is 0 Å². The van der Waals surface area contributed by atoms with E-state index in [-0.39, 0.29) is 12.5 Å². The summed E-state index contributed by atoms with van der Waals surface area (Å²) in [5.41, 5.74) is 3.67. The fourth-order valence-corrected chi connectivity index (χ4v) is 5.36. The highest BCUT2D eigenvalue weighted by molar-refractivity contribution is 5.88. The Hall–Kier alpha value is -4.36. The zero-order valence-electron chi connectivity index (χ0n) is 25.5. The third-order valence-corrected chi connectivity index (χ3v) is 7.43. The third-order valence-electron chi connectivity index (χ3n) is 7.43. The monoisotopic (exact) mass is 580 g/mol. The maximum Gasteiger partial charge on any atom is 0.304 e. The second kappa shape index (κ2) is 12.5. The number of carboxylic acids is 1. The Morgan fingerprint density at radius 3 is 2.21 bits per heavy atom. The molecule has 1 saturated heterocycles. The number of carbonyl (C=O) groups is 1. The molecule has 1 N–H and O–H groups in total. The van der Waals surface area contributed by atoms with Crippen molar-refractivity contribution in [3.05, 3.63) is 108 Å². The number of hydrazone groups is 1. The molecule has 3 aromatic carbocycles. The Labute approximate surface area is 253 Å². The number of hydrogen-bond acceptors (Lipinski definition) is 6. The first-order valence-corrected chi connectivity index (χ1v) is 14.7. The van der Waals surface area contributed by atoms with E-state index in [9.17, 15) is 9.90 Å². The van der Waals surface area contributed by atoms with Gasteiger partial charge in [-0.1, -0.05) is 84.9 Å². The average Bonchev–Trinajstić information content (AvgIpc) is 3.57. The van der Waals surface area contributed by atoms with Gasteiger partial charge in [0.05, 0.1) is 31.3 Å². The van der Waals surface area contributed by atoms with Gasteiger partial charge in [0.25, 0.3) is 0 Å². The SMILES string of the molecule is CC(C)(C)OC(=NN1[C@@H](Cc2ccccc2)COC1(C)C)[C@H](CC(=O)O)c1coc(-c2ccc(-c3ccccc3)cc2)c1. The molecular weight excluding hydrogens is 540 g/mol. The zero-order valence-corrected chi connectivity index (χ0v) is 25.5. The summed E-state index contributed by atoms with van der Waals surface area (Å²) in [6.07, 6.45) is 2.14. The van der Waals surface area contributed by atoms with Crippen LogP contribution < -0.4 is 0 Å². The lowest BCUT2D eigenvalue weighted by Gasteiger charge is -2.34. The number of aliphatic carboxylic acids is 1. The largest absolute Gasteiger partial charge is 0.481 e. The highest BCUT2D eigenvalue weighted by Gasteiger charge is 2.42. The van der Waals surface area contributed by atoms with Crippen molar-refractivity contribution in [2.45, 2.75) is 70.7 Å². The molecule has 1 fully saturated rings. The van der Waals surface area contributed by atoms with Gasteiger partial charge in [-0.15, -0.1) is 5.10 Å². The van der Waals surface area contributed by atoms with Gasteiger partial charge in [-0.05, 0) is 63.8 Å². The van der Waals surface area contributed by atoms with Gasteiger partial charge in [0.15, 0.2) is 5.72 Å². The van der Waals surface area contributed by atoms with Crippen LogP contribution in [0.25, 0.3) is 22.5 Å². The molecule has 1 aliphatic rings. The van der Waals surface area contributed by atoms with Crippen LogP contribution in [0.4, 0.5) is 0 Å². The van der Waals surface area contributed by atoms with E-state index in [1.54, 1.807) is 6.26 Å². The molecular formula is C36H40N2O5. The fraction of sp³-hybridized carbons (Fsp3) is 0.333. The second-order valence-electron chi connectivity index (χ2n) is 12.4. The molecule has 0 aliphatic carbocycles. The molecule has 0 saturated carbocycles. The van der Waals surface area contributed by atoms with E-state index in [1.165, 1.54) is 5.56 Å². The first-order chi connectivity index (χ1) is 20.5. The van der Waals surface area contributed by atoms with Gasteiger partial charge in [-0.3, -0.25) is 9.80 Å². The molecule has 7 heteroatoms. The minimum Gasteiger partial charge on any atom is -0.481 e. The number of nitrogens with zero attached hydrogens (tertiary/aromatic N) is 2. The lowest BCUT2D eigenvalue weighted by molar-refractivity contribution is -0.137. The van der Waals surface area contributed by atoms with Gasteiger partial charge < -0.3 is 19.0 Å². The fourth-order valence-electron chi connectivity index (χ4n) is 5.36. The number of hydrogen-bond donors (Lipinski definition) is 1. The quantitative estimate of drug-likeness (QED) is 0.160. The van der Waals surface area contributed by atoms with Crippen LogP contribution in [0.15, 0.2) is 107 Å². The van der Waals surface area contributed by atoms with Crippen molar-refractivity contribution in [3.8, 4) is 22.5 Å². The zero-order chi connectivity index (χ0) is 30.6. The van der Waals surface area contributed by atoms with Gasteiger partial charge >= 0.3 is 5.97 Å². The van der Waals surface area contributed by atoms with Crippen molar-refractivity contribution in [1.82, 2.24) is 5.01 Å². The van der Waals surface area contributed by atoms with Crippen LogP contribution in [-0.2, 0) is 20.7 Å². The summed E-state index contributed by atoms with van der Waals surface area (Å²) in [5, 5.41) is 17.0. The summed E-state index contributed by atoms with van der Waals surface area (Å²) in [7, 11) is 0. The molecule has 0 bridgehead atoms. The minimum absolute atomic E-state index is 0.0514. The van der Waals surface area contributed by atoms with Crippen LogP contribution in [-0.4, -0.2) is 46.0 Å². The van der Waals surface area contributed by atoms with Gasteiger partial charge in [0.2, 0.25) is 5.90 Å². The summed E-state index contributed by atoms with van der Waals surface area (Å²) >= 11 is 0. The lowest BCUT2D eigenvalue weighted by atomic mass is 9.96. The Kier molecular flexibility index (Phi) is 8.74. The van der Waals surface area contributed by atoms with Crippen LogP contribution in [0.3, 0.4) is 0 Å². The minimum atomic E-state index is -0.956. The second-order valence-corrected chi connectivity index (χ2v) is 12.4. The first kappa shape index (κ1) is 30.1. The van der Waals surface area contributed by atoms with E-state index in [0.717, 1.165) is 23.1 Å². The number of furan rings is 1. The van der Waals surface area contributed by atoms with Crippen molar-refractivity contribution in [2.75, 3.05) is 6.61 Å². The summed E-state index contributed by atoms with van der Waals surface area (Å²) in [4.78, 5) is 12.2. The topological polar surface area (TPSA) is 84.5 Å². The lowest BCUT2D eigenvalue weighted by Crippen LogP contribution is -2.43. The van der Waals surface area contributed by atoms with Crippen LogP contribution in [0.5, 0.6) is 0 Å². The van der Waals surface area contributed by atoms with Gasteiger partial charge in [-0.25, -0.2) is 0 Å². The molecule has 0 amide bonds. The summed E-state index contributed by atoms with van der Waals surface area (Å²) in [5.74, 6) is -0.667. The molecule has 0 spiro atoms. The predicted octanol–water partition coefficient (Wildman–Crippen LogP) is 7.98. The van der Waals surface area contributed by atoms with Crippen molar-refractivity contribution < 1.29 is 23.8 Å². The van der Waals surface area contributed by atoms with Crippen LogP contribution in [0.1, 0.15) is 58.1 Å². The highest BCUT2D eigenvalue weighted by Crippen LogP contribution is 2.35. The number of rotatable bonds is 9. The smallest absolute Gasteiger partial charge is 0.304 e. The van der Waals surface area contributed by atoms with Gasteiger partial charge in [0, 0.05) is 11.1 Å². The Morgan fingerprint density at radius 2 is 1.58 bits per heavy atom. The van der Waals surface area contributed by atoms with E-state index in [4.69, 9.17) is 19.0 Å².